The first-order chi connectivity index (χ1) is 13.5. The molecular weight excluding hydrogens is 365 g/mol. The maximum absolute atomic E-state index is 12.8. The van der Waals surface area contributed by atoms with Gasteiger partial charge in [-0.05, 0) is 35.0 Å². The van der Waals surface area contributed by atoms with Crippen LogP contribution in [0, 0.1) is 0 Å². The average Bonchev–Trinajstić information content (AvgIpc) is 3.20. The maximum Gasteiger partial charge on any atom is 0.416 e. The highest BCUT2D eigenvalue weighted by Crippen LogP contribution is 2.33. The summed E-state index contributed by atoms with van der Waals surface area (Å²) >= 11 is 0. The lowest BCUT2D eigenvalue weighted by atomic mass is 10.00. The molecular formula is C22H17F3N2O. The number of benzene rings is 3. The normalized spacial score (nSPS) is 12.8. The molecule has 1 heterocycles. The second kappa shape index (κ2) is 7.38. The van der Waals surface area contributed by atoms with E-state index >= 15 is 0 Å². The fourth-order valence-corrected chi connectivity index (χ4v) is 3.20. The van der Waals surface area contributed by atoms with Crippen LogP contribution in [0.2, 0.25) is 0 Å². The van der Waals surface area contributed by atoms with Gasteiger partial charge < -0.3 is 9.30 Å². The van der Waals surface area contributed by atoms with E-state index in [9.17, 15) is 13.2 Å². The minimum absolute atomic E-state index is 0.381. The zero-order valence-corrected chi connectivity index (χ0v) is 14.8. The topological polar surface area (TPSA) is 27.1 Å². The molecule has 0 aliphatic rings. The van der Waals surface area contributed by atoms with Crippen LogP contribution in [-0.2, 0) is 12.7 Å². The summed E-state index contributed by atoms with van der Waals surface area (Å²) in [7, 11) is 0. The van der Waals surface area contributed by atoms with Crippen molar-refractivity contribution in [2.75, 3.05) is 0 Å². The number of hydrogen-bond donors (Lipinski definition) is 0. The van der Waals surface area contributed by atoms with Gasteiger partial charge >= 0.3 is 6.18 Å². The van der Waals surface area contributed by atoms with Gasteiger partial charge in [-0.3, -0.25) is 0 Å². The Morgan fingerprint density at radius 2 is 1.68 bits per heavy atom. The lowest BCUT2D eigenvalue weighted by Gasteiger charge is -2.22. The Bertz CT molecular complexity index is 1050. The smallest absolute Gasteiger partial charge is 0.416 e. The van der Waals surface area contributed by atoms with Crippen LogP contribution in [0.3, 0.4) is 0 Å². The standard InChI is InChI=1S/C22H17F3N2O/c23-22(24,25)17-8-10-18(11-9-17)28-21(14-27-13-12-26-15-27)20-7-3-5-16-4-1-2-6-19(16)20/h1-13,15,21H,14H2. The SMILES string of the molecule is FC(F)(F)c1ccc(OC(Cn2ccnc2)c2cccc3ccccc23)cc1. The predicted octanol–water partition coefficient (Wildman–Crippen LogP) is 5.88. The molecule has 28 heavy (non-hydrogen) atoms. The number of fused-ring (bicyclic) bond motifs is 1. The molecule has 4 rings (SSSR count). The third-order valence-corrected chi connectivity index (χ3v) is 4.57. The minimum Gasteiger partial charge on any atom is -0.484 e. The van der Waals surface area contributed by atoms with Gasteiger partial charge in [-0.25, -0.2) is 4.98 Å². The van der Waals surface area contributed by atoms with E-state index in [0.29, 0.717) is 12.3 Å². The van der Waals surface area contributed by atoms with Gasteiger partial charge in [0.25, 0.3) is 0 Å². The first-order valence-electron chi connectivity index (χ1n) is 8.78. The zero-order chi connectivity index (χ0) is 19.6. The highest BCUT2D eigenvalue weighted by atomic mass is 19.4. The molecule has 0 spiro atoms. The second-order valence-electron chi connectivity index (χ2n) is 6.46. The third-order valence-electron chi connectivity index (χ3n) is 4.57. The highest BCUT2D eigenvalue weighted by Gasteiger charge is 2.30. The number of halogens is 3. The summed E-state index contributed by atoms with van der Waals surface area (Å²) < 4.78 is 46.5. The van der Waals surface area contributed by atoms with Crippen molar-refractivity contribution in [3.63, 3.8) is 0 Å². The number of imidazole rings is 1. The van der Waals surface area contributed by atoms with Crippen LogP contribution in [0.25, 0.3) is 10.8 Å². The Morgan fingerprint density at radius 1 is 0.929 bits per heavy atom. The maximum atomic E-state index is 12.8. The van der Waals surface area contributed by atoms with E-state index in [0.717, 1.165) is 28.5 Å². The van der Waals surface area contributed by atoms with Crippen LogP contribution < -0.4 is 4.74 Å². The average molecular weight is 382 g/mol. The first kappa shape index (κ1) is 18.1. The van der Waals surface area contributed by atoms with Crippen molar-refractivity contribution in [3.05, 3.63) is 96.6 Å². The molecule has 1 unspecified atom stereocenters. The first-order valence-corrected chi connectivity index (χ1v) is 8.78. The number of alkyl halides is 3. The molecule has 0 radical (unpaired) electrons. The van der Waals surface area contributed by atoms with Crippen molar-refractivity contribution in [2.24, 2.45) is 0 Å². The summed E-state index contributed by atoms with van der Waals surface area (Å²) in [6, 6.07) is 18.7. The van der Waals surface area contributed by atoms with Crippen molar-refractivity contribution < 1.29 is 17.9 Å². The second-order valence-corrected chi connectivity index (χ2v) is 6.46. The number of nitrogens with zero attached hydrogens (tertiary/aromatic N) is 2. The highest BCUT2D eigenvalue weighted by molar-refractivity contribution is 5.86. The van der Waals surface area contributed by atoms with Crippen LogP contribution in [0.4, 0.5) is 13.2 Å². The Labute approximate surface area is 160 Å². The summed E-state index contributed by atoms with van der Waals surface area (Å²) in [6.07, 6.45) is 0.433. The molecule has 142 valence electrons. The van der Waals surface area contributed by atoms with Gasteiger partial charge in [-0.1, -0.05) is 42.5 Å². The summed E-state index contributed by atoms with van der Waals surface area (Å²) in [5.41, 5.74) is 0.267. The summed E-state index contributed by atoms with van der Waals surface area (Å²) in [6.45, 7) is 0.481. The van der Waals surface area contributed by atoms with Crippen molar-refractivity contribution in [3.8, 4) is 5.75 Å². The lowest BCUT2D eigenvalue weighted by molar-refractivity contribution is -0.137. The van der Waals surface area contributed by atoms with E-state index in [1.165, 1.54) is 12.1 Å². The van der Waals surface area contributed by atoms with Crippen molar-refractivity contribution in [2.45, 2.75) is 18.8 Å². The molecule has 1 atom stereocenters. The summed E-state index contributed by atoms with van der Waals surface area (Å²) in [4.78, 5) is 4.06. The monoisotopic (exact) mass is 382 g/mol. The number of aromatic nitrogens is 2. The quantitative estimate of drug-likeness (QED) is 0.431. The summed E-state index contributed by atoms with van der Waals surface area (Å²) in [5.74, 6) is 0.381. The molecule has 0 aliphatic carbocycles. The number of ether oxygens (including phenoxy) is 1. The number of rotatable bonds is 5. The lowest BCUT2D eigenvalue weighted by Crippen LogP contribution is -2.15. The molecule has 0 saturated carbocycles. The van der Waals surface area contributed by atoms with E-state index in [-0.39, 0.29) is 0 Å². The molecule has 1 aromatic heterocycles. The molecule has 3 aromatic carbocycles. The van der Waals surface area contributed by atoms with Crippen LogP contribution in [0.1, 0.15) is 17.2 Å². The van der Waals surface area contributed by atoms with E-state index in [1.54, 1.807) is 12.5 Å². The minimum atomic E-state index is -4.37. The molecule has 3 nitrogen and oxygen atoms in total. The van der Waals surface area contributed by atoms with Gasteiger partial charge in [0.1, 0.15) is 11.9 Å². The molecule has 0 bridgehead atoms. The van der Waals surface area contributed by atoms with Gasteiger partial charge in [0.05, 0.1) is 18.4 Å². The zero-order valence-electron chi connectivity index (χ0n) is 14.8. The Hall–Kier alpha value is -3.28. The van der Waals surface area contributed by atoms with Crippen LogP contribution >= 0.6 is 0 Å². The van der Waals surface area contributed by atoms with Gasteiger partial charge in [0, 0.05) is 18.0 Å². The Balaban J connectivity index is 1.70. The van der Waals surface area contributed by atoms with Gasteiger partial charge in [0.15, 0.2) is 0 Å². The number of hydrogen-bond acceptors (Lipinski definition) is 2. The molecule has 0 amide bonds. The molecule has 4 aromatic rings. The third kappa shape index (κ3) is 3.86. The Kier molecular flexibility index (Phi) is 4.77. The fourth-order valence-electron chi connectivity index (χ4n) is 3.20. The molecule has 0 fully saturated rings. The van der Waals surface area contributed by atoms with Crippen molar-refractivity contribution in [1.29, 1.82) is 0 Å². The van der Waals surface area contributed by atoms with Crippen molar-refractivity contribution >= 4 is 10.8 Å². The van der Waals surface area contributed by atoms with Gasteiger partial charge in [-0.15, -0.1) is 0 Å². The fraction of sp³-hybridized carbons (Fsp3) is 0.136. The van der Waals surface area contributed by atoms with Gasteiger partial charge in [0.2, 0.25) is 0 Å². The van der Waals surface area contributed by atoms with E-state index in [2.05, 4.69) is 4.98 Å². The molecule has 0 N–H and O–H groups in total. The largest absolute Gasteiger partial charge is 0.484 e. The van der Waals surface area contributed by atoms with Crippen LogP contribution in [0.15, 0.2) is 85.5 Å². The summed E-state index contributed by atoms with van der Waals surface area (Å²) in [5, 5.41) is 2.12. The van der Waals surface area contributed by atoms with Crippen LogP contribution in [0.5, 0.6) is 5.75 Å². The molecule has 6 heteroatoms. The van der Waals surface area contributed by atoms with E-state index in [1.807, 2.05) is 53.2 Å². The predicted molar refractivity (Wildman–Crippen MR) is 101 cm³/mol. The Morgan fingerprint density at radius 3 is 2.39 bits per heavy atom. The van der Waals surface area contributed by atoms with Crippen LogP contribution in [-0.4, -0.2) is 9.55 Å². The van der Waals surface area contributed by atoms with E-state index in [4.69, 9.17) is 4.74 Å². The molecule has 0 aliphatic heterocycles. The van der Waals surface area contributed by atoms with Gasteiger partial charge in [-0.2, -0.15) is 13.2 Å². The van der Waals surface area contributed by atoms with Crippen molar-refractivity contribution in [1.82, 2.24) is 9.55 Å². The molecule has 0 saturated heterocycles. The van der Waals surface area contributed by atoms with E-state index < -0.39 is 17.8 Å².